The molecule has 0 atom stereocenters. The lowest BCUT2D eigenvalue weighted by Crippen LogP contribution is -2.37. The van der Waals surface area contributed by atoms with Crippen LogP contribution in [0.1, 0.15) is 11.1 Å². The molecule has 14 heavy (non-hydrogen) atoms. The van der Waals surface area contributed by atoms with E-state index in [1.165, 1.54) is 10.8 Å². The Bertz CT molecular complexity index is 374. The number of hydrogen-bond acceptors (Lipinski definition) is 1. The van der Waals surface area contributed by atoms with Gasteiger partial charge in [0.25, 0.3) is 0 Å². The van der Waals surface area contributed by atoms with Gasteiger partial charge >= 0.3 is 0 Å². The van der Waals surface area contributed by atoms with Gasteiger partial charge in [-0.25, -0.2) is 0 Å². The minimum atomic E-state index is -1.30. The Hall–Kier alpha value is -0.593. The molecule has 0 saturated carbocycles. The highest BCUT2D eigenvalue weighted by atomic mass is 79.9. The van der Waals surface area contributed by atoms with E-state index in [4.69, 9.17) is 5.26 Å². The topological polar surface area (TPSA) is 23.8 Å². The molecule has 0 aliphatic carbocycles. The van der Waals surface area contributed by atoms with Gasteiger partial charge in [-0.1, -0.05) is 46.8 Å². The number of benzene rings is 1. The summed E-state index contributed by atoms with van der Waals surface area (Å²) in [5.41, 5.74) is 1.97. The van der Waals surface area contributed by atoms with E-state index in [1.54, 1.807) is 0 Å². The van der Waals surface area contributed by atoms with E-state index in [9.17, 15) is 0 Å². The summed E-state index contributed by atoms with van der Waals surface area (Å²) in [5.74, 6) is 0. The molecule has 0 spiro atoms. The van der Waals surface area contributed by atoms with Crippen LogP contribution in [0.15, 0.2) is 18.2 Å². The van der Waals surface area contributed by atoms with Gasteiger partial charge in [0, 0.05) is 5.33 Å². The third kappa shape index (κ3) is 2.70. The predicted molar refractivity (Wildman–Crippen MR) is 66.8 cm³/mol. The van der Waals surface area contributed by atoms with E-state index in [-0.39, 0.29) is 0 Å². The van der Waals surface area contributed by atoms with Crippen LogP contribution in [0.5, 0.6) is 0 Å². The first kappa shape index (κ1) is 11.5. The van der Waals surface area contributed by atoms with Crippen LogP contribution < -0.4 is 5.19 Å². The third-order valence-electron chi connectivity index (χ3n) is 2.14. The average Bonchev–Trinajstić information content (AvgIpc) is 2.15. The van der Waals surface area contributed by atoms with Gasteiger partial charge in [-0.2, -0.15) is 5.26 Å². The molecule has 0 fully saturated rings. The zero-order valence-corrected chi connectivity index (χ0v) is 11.4. The van der Waals surface area contributed by atoms with Gasteiger partial charge in [0.1, 0.15) is 0 Å². The minimum Gasteiger partial charge on any atom is -0.192 e. The highest BCUT2D eigenvalue weighted by molar-refractivity contribution is 9.08. The van der Waals surface area contributed by atoms with E-state index < -0.39 is 8.07 Å². The van der Waals surface area contributed by atoms with Crippen LogP contribution in [0.2, 0.25) is 19.6 Å². The molecule has 0 amide bonds. The number of rotatable bonds is 2. The summed E-state index contributed by atoms with van der Waals surface area (Å²) in [7, 11) is -1.30. The van der Waals surface area contributed by atoms with Crippen molar-refractivity contribution < 1.29 is 0 Å². The summed E-state index contributed by atoms with van der Waals surface area (Å²) >= 11 is 3.43. The van der Waals surface area contributed by atoms with Gasteiger partial charge < -0.3 is 0 Å². The second-order valence-corrected chi connectivity index (χ2v) is 10.1. The van der Waals surface area contributed by atoms with Crippen molar-refractivity contribution in [3.8, 4) is 6.07 Å². The molecule has 0 aromatic heterocycles. The smallest absolute Gasteiger partial charge is 0.0991 e. The van der Waals surface area contributed by atoms with Crippen molar-refractivity contribution >= 4 is 29.2 Å². The molecule has 0 bridgehead atoms. The van der Waals surface area contributed by atoms with E-state index in [0.29, 0.717) is 0 Å². The Balaban J connectivity index is 3.26. The lowest BCUT2D eigenvalue weighted by Gasteiger charge is -2.17. The summed E-state index contributed by atoms with van der Waals surface area (Å²) < 4.78 is 0. The molecule has 0 unspecified atom stereocenters. The van der Waals surface area contributed by atoms with E-state index in [1.807, 2.05) is 12.1 Å². The van der Waals surface area contributed by atoms with E-state index >= 15 is 0 Å². The maximum Gasteiger partial charge on any atom is 0.0991 e. The second-order valence-electron chi connectivity index (χ2n) is 4.41. The fourth-order valence-electron chi connectivity index (χ4n) is 1.27. The monoisotopic (exact) mass is 267 g/mol. The Morgan fingerprint density at radius 2 is 1.93 bits per heavy atom. The summed E-state index contributed by atoms with van der Waals surface area (Å²) in [6.07, 6.45) is 0. The van der Waals surface area contributed by atoms with Gasteiger partial charge in [0.15, 0.2) is 0 Å². The highest BCUT2D eigenvalue weighted by Gasteiger charge is 2.17. The molecule has 74 valence electrons. The zero-order chi connectivity index (χ0) is 10.8. The predicted octanol–water partition coefficient (Wildman–Crippen LogP) is 3.00. The van der Waals surface area contributed by atoms with E-state index in [0.717, 1.165) is 10.9 Å². The number of nitriles is 1. The van der Waals surface area contributed by atoms with Crippen molar-refractivity contribution in [3.05, 3.63) is 29.3 Å². The number of halogens is 1. The first-order valence-electron chi connectivity index (χ1n) is 4.58. The van der Waals surface area contributed by atoms with Crippen LogP contribution >= 0.6 is 15.9 Å². The maximum atomic E-state index is 8.90. The molecular formula is C11H14BrNSi. The third-order valence-corrected chi connectivity index (χ3v) is 4.81. The van der Waals surface area contributed by atoms with Gasteiger partial charge in [-0.05, 0) is 17.7 Å². The van der Waals surface area contributed by atoms with Gasteiger partial charge in [-0.15, -0.1) is 0 Å². The Kier molecular flexibility index (Phi) is 3.52. The average molecular weight is 268 g/mol. The Morgan fingerprint density at radius 1 is 1.29 bits per heavy atom. The van der Waals surface area contributed by atoms with Gasteiger partial charge in [0.2, 0.25) is 0 Å². The fourth-order valence-corrected chi connectivity index (χ4v) is 2.80. The zero-order valence-electron chi connectivity index (χ0n) is 8.76. The molecule has 0 aliphatic rings. The fraction of sp³-hybridized carbons (Fsp3) is 0.364. The van der Waals surface area contributed by atoms with Crippen LogP contribution in [-0.2, 0) is 5.33 Å². The lowest BCUT2D eigenvalue weighted by molar-refractivity contribution is 1.41. The molecule has 1 rings (SSSR count). The SMILES string of the molecule is C[Si](C)(C)c1cc(C#N)cc(CBr)c1. The van der Waals surface area contributed by atoms with Crippen LogP contribution in [-0.4, -0.2) is 8.07 Å². The summed E-state index contributed by atoms with van der Waals surface area (Å²) in [6.45, 7) is 6.88. The minimum absolute atomic E-state index is 0.777. The van der Waals surface area contributed by atoms with Gasteiger partial charge in [-0.3, -0.25) is 0 Å². The Labute approximate surface area is 94.9 Å². The molecule has 1 nitrogen and oxygen atoms in total. The summed E-state index contributed by atoms with van der Waals surface area (Å²) in [5, 5.41) is 11.1. The lowest BCUT2D eigenvalue weighted by atomic mass is 10.1. The first-order valence-corrected chi connectivity index (χ1v) is 9.20. The molecule has 0 aliphatic heterocycles. The van der Waals surface area contributed by atoms with Crippen LogP contribution in [0.4, 0.5) is 0 Å². The van der Waals surface area contributed by atoms with Crippen molar-refractivity contribution in [2.45, 2.75) is 25.0 Å². The molecule has 0 heterocycles. The quantitative estimate of drug-likeness (QED) is 0.597. The molecule has 0 N–H and O–H groups in total. The normalized spacial score (nSPS) is 11.1. The van der Waals surface area contributed by atoms with Crippen LogP contribution in [0.3, 0.4) is 0 Å². The van der Waals surface area contributed by atoms with Crippen LogP contribution in [0, 0.1) is 11.3 Å². The second kappa shape index (κ2) is 4.29. The van der Waals surface area contributed by atoms with Crippen molar-refractivity contribution in [3.63, 3.8) is 0 Å². The van der Waals surface area contributed by atoms with Crippen molar-refractivity contribution in [1.29, 1.82) is 5.26 Å². The van der Waals surface area contributed by atoms with Crippen molar-refractivity contribution in [1.82, 2.24) is 0 Å². The maximum absolute atomic E-state index is 8.90. The number of hydrogen-bond donors (Lipinski definition) is 0. The molecule has 3 heteroatoms. The summed E-state index contributed by atoms with van der Waals surface area (Å²) in [4.78, 5) is 0. The summed E-state index contributed by atoms with van der Waals surface area (Å²) in [6, 6.07) is 8.39. The van der Waals surface area contributed by atoms with Crippen LogP contribution in [0.25, 0.3) is 0 Å². The molecule has 1 aromatic carbocycles. The highest BCUT2D eigenvalue weighted by Crippen LogP contribution is 2.11. The Morgan fingerprint density at radius 3 is 2.36 bits per heavy atom. The number of nitrogens with zero attached hydrogens (tertiary/aromatic N) is 1. The first-order chi connectivity index (χ1) is 6.47. The van der Waals surface area contributed by atoms with Gasteiger partial charge in [0.05, 0.1) is 19.7 Å². The largest absolute Gasteiger partial charge is 0.192 e. The molecular weight excluding hydrogens is 254 g/mol. The molecule has 0 saturated heterocycles. The molecule has 0 radical (unpaired) electrons. The standard InChI is InChI=1S/C11H14BrNSi/c1-14(2,3)11-5-9(7-12)4-10(6-11)8-13/h4-6H,7H2,1-3H3. The van der Waals surface area contributed by atoms with Crippen molar-refractivity contribution in [2.24, 2.45) is 0 Å². The molecule has 1 aromatic rings. The number of alkyl halides is 1. The van der Waals surface area contributed by atoms with E-state index in [2.05, 4.69) is 47.7 Å². The van der Waals surface area contributed by atoms with Crippen molar-refractivity contribution in [2.75, 3.05) is 0 Å².